The highest BCUT2D eigenvalue weighted by Crippen LogP contribution is 2.27. The molecule has 5 heteroatoms. The van der Waals surface area contributed by atoms with Gasteiger partial charge in [-0.25, -0.2) is 4.98 Å². The van der Waals surface area contributed by atoms with Gasteiger partial charge in [0.1, 0.15) is 5.82 Å². The van der Waals surface area contributed by atoms with Crippen LogP contribution < -0.4 is 11.5 Å². The zero-order valence-corrected chi connectivity index (χ0v) is 9.61. The Morgan fingerprint density at radius 2 is 1.88 bits per heavy atom. The lowest BCUT2D eigenvalue weighted by Crippen LogP contribution is -2.10. The number of amides is 1. The minimum Gasteiger partial charge on any atom is -0.383 e. The van der Waals surface area contributed by atoms with Crippen LogP contribution in [0.4, 0.5) is 5.82 Å². The number of carbonyl (C=O) groups is 1. The summed E-state index contributed by atoms with van der Waals surface area (Å²) in [5.41, 5.74) is 12.9. The molecule has 0 aliphatic carbocycles. The molecule has 1 aromatic heterocycles. The highest BCUT2D eigenvalue weighted by atomic mass is 35.5. The molecule has 1 heterocycles. The fourth-order valence-electron chi connectivity index (χ4n) is 1.50. The van der Waals surface area contributed by atoms with E-state index in [1.807, 2.05) is 0 Å². The number of primary amides is 1. The van der Waals surface area contributed by atoms with Gasteiger partial charge in [-0.15, -0.1) is 0 Å². The molecule has 0 aliphatic heterocycles. The molecule has 0 fully saturated rings. The Morgan fingerprint density at radius 1 is 1.24 bits per heavy atom. The monoisotopic (exact) mass is 247 g/mol. The summed E-state index contributed by atoms with van der Waals surface area (Å²) in [7, 11) is 0. The second-order valence-corrected chi connectivity index (χ2v) is 3.96. The van der Waals surface area contributed by atoms with Gasteiger partial charge in [0.15, 0.2) is 0 Å². The van der Waals surface area contributed by atoms with E-state index >= 15 is 0 Å². The second-order valence-electron chi connectivity index (χ2n) is 3.53. The van der Waals surface area contributed by atoms with Crippen molar-refractivity contribution in [3.05, 3.63) is 47.1 Å². The molecule has 0 spiro atoms. The van der Waals surface area contributed by atoms with Crippen LogP contribution >= 0.6 is 11.6 Å². The quantitative estimate of drug-likeness (QED) is 0.852. The van der Waals surface area contributed by atoms with Gasteiger partial charge >= 0.3 is 0 Å². The van der Waals surface area contributed by atoms with E-state index in [1.165, 1.54) is 6.20 Å². The van der Waals surface area contributed by atoms with Crippen molar-refractivity contribution in [1.82, 2.24) is 4.98 Å². The maximum Gasteiger partial charge on any atom is 0.248 e. The van der Waals surface area contributed by atoms with Gasteiger partial charge in [0.05, 0.1) is 5.02 Å². The Hall–Kier alpha value is -2.07. The van der Waals surface area contributed by atoms with Crippen molar-refractivity contribution in [3.8, 4) is 11.1 Å². The summed E-state index contributed by atoms with van der Waals surface area (Å²) in [4.78, 5) is 14.9. The molecule has 1 amide bonds. The predicted molar refractivity (Wildman–Crippen MR) is 67.6 cm³/mol. The van der Waals surface area contributed by atoms with Gasteiger partial charge in [0, 0.05) is 17.3 Å². The number of nitrogens with zero attached hydrogens (tertiary/aromatic N) is 1. The summed E-state index contributed by atoms with van der Waals surface area (Å²) in [6.07, 6.45) is 1.48. The lowest BCUT2D eigenvalue weighted by molar-refractivity contribution is 0.100. The molecular weight excluding hydrogens is 238 g/mol. The van der Waals surface area contributed by atoms with Gasteiger partial charge < -0.3 is 11.5 Å². The van der Waals surface area contributed by atoms with E-state index in [9.17, 15) is 4.79 Å². The third-order valence-electron chi connectivity index (χ3n) is 2.37. The molecule has 0 saturated carbocycles. The Labute approximate surface area is 103 Å². The largest absolute Gasteiger partial charge is 0.383 e. The number of benzene rings is 1. The average molecular weight is 248 g/mol. The van der Waals surface area contributed by atoms with Crippen LogP contribution in [0.15, 0.2) is 36.5 Å². The van der Waals surface area contributed by atoms with Gasteiger partial charge in [-0.2, -0.15) is 0 Å². The van der Waals surface area contributed by atoms with Crippen LogP contribution in [0, 0.1) is 0 Å². The van der Waals surface area contributed by atoms with Crippen LogP contribution in [0.3, 0.4) is 0 Å². The number of pyridine rings is 1. The van der Waals surface area contributed by atoms with Crippen molar-refractivity contribution in [1.29, 1.82) is 0 Å². The number of hydrogen-bond donors (Lipinski definition) is 2. The molecule has 2 rings (SSSR count). The molecule has 0 saturated heterocycles. The zero-order valence-electron chi connectivity index (χ0n) is 8.85. The highest BCUT2D eigenvalue weighted by Gasteiger charge is 2.06. The van der Waals surface area contributed by atoms with E-state index < -0.39 is 5.91 Å². The summed E-state index contributed by atoms with van der Waals surface area (Å²) in [5.74, 6) is -0.0741. The highest BCUT2D eigenvalue weighted by molar-refractivity contribution is 6.30. The number of nitrogen functional groups attached to an aromatic ring is 1. The summed E-state index contributed by atoms with van der Waals surface area (Å²) >= 11 is 5.86. The molecule has 4 nitrogen and oxygen atoms in total. The molecule has 86 valence electrons. The Morgan fingerprint density at radius 3 is 2.47 bits per heavy atom. The lowest BCUT2D eigenvalue weighted by atomic mass is 10.0. The standard InChI is InChI=1S/C12H10ClN3O/c13-9-5-10(11(14)16-6-9)7-1-3-8(4-2-7)12(15)17/h1-6H,(H2,14,16)(H2,15,17). The van der Waals surface area contributed by atoms with E-state index in [2.05, 4.69) is 4.98 Å². The fraction of sp³-hybridized carbons (Fsp3) is 0. The summed E-state index contributed by atoms with van der Waals surface area (Å²) in [6.45, 7) is 0. The third-order valence-corrected chi connectivity index (χ3v) is 2.57. The van der Waals surface area contributed by atoms with Crippen LogP contribution in [0.5, 0.6) is 0 Å². The van der Waals surface area contributed by atoms with Crippen LogP contribution in [-0.2, 0) is 0 Å². The fourth-order valence-corrected chi connectivity index (χ4v) is 1.65. The van der Waals surface area contributed by atoms with Crippen molar-refractivity contribution in [2.45, 2.75) is 0 Å². The molecule has 0 unspecified atom stereocenters. The predicted octanol–water partition coefficient (Wildman–Crippen LogP) is 2.08. The molecule has 17 heavy (non-hydrogen) atoms. The molecule has 1 aromatic carbocycles. The SMILES string of the molecule is NC(=O)c1ccc(-c2cc(Cl)cnc2N)cc1. The molecule has 0 atom stereocenters. The van der Waals surface area contributed by atoms with E-state index in [1.54, 1.807) is 30.3 Å². The van der Waals surface area contributed by atoms with E-state index in [-0.39, 0.29) is 0 Å². The van der Waals surface area contributed by atoms with Gasteiger partial charge in [-0.1, -0.05) is 23.7 Å². The molecule has 2 aromatic rings. The number of aromatic nitrogens is 1. The first kappa shape index (κ1) is 11.4. The minimum absolute atomic E-state index is 0.390. The van der Waals surface area contributed by atoms with E-state index in [0.29, 0.717) is 16.4 Å². The maximum absolute atomic E-state index is 10.9. The Bertz CT molecular complexity index is 566. The van der Waals surface area contributed by atoms with Crippen LogP contribution in [-0.4, -0.2) is 10.9 Å². The number of hydrogen-bond acceptors (Lipinski definition) is 3. The van der Waals surface area contributed by atoms with Crippen LogP contribution in [0.25, 0.3) is 11.1 Å². The normalized spacial score (nSPS) is 10.2. The molecule has 0 bridgehead atoms. The minimum atomic E-state index is -0.464. The van der Waals surface area contributed by atoms with E-state index in [4.69, 9.17) is 23.1 Å². The molecule has 4 N–H and O–H groups in total. The Kier molecular flexibility index (Phi) is 2.97. The number of anilines is 1. The number of nitrogens with two attached hydrogens (primary N) is 2. The van der Waals surface area contributed by atoms with Gasteiger partial charge in [-0.3, -0.25) is 4.79 Å². The smallest absolute Gasteiger partial charge is 0.248 e. The van der Waals surface area contributed by atoms with Crippen molar-refractivity contribution in [2.75, 3.05) is 5.73 Å². The second kappa shape index (κ2) is 4.43. The summed E-state index contributed by atoms with van der Waals surface area (Å²) in [5, 5.41) is 0.508. The first-order chi connectivity index (χ1) is 8.08. The van der Waals surface area contributed by atoms with Crippen molar-refractivity contribution >= 4 is 23.3 Å². The van der Waals surface area contributed by atoms with Gasteiger partial charge in [0.2, 0.25) is 5.91 Å². The first-order valence-corrected chi connectivity index (χ1v) is 5.27. The summed E-state index contributed by atoms with van der Waals surface area (Å²) in [6, 6.07) is 8.51. The lowest BCUT2D eigenvalue weighted by Gasteiger charge is -2.05. The zero-order chi connectivity index (χ0) is 12.4. The van der Waals surface area contributed by atoms with Crippen molar-refractivity contribution in [3.63, 3.8) is 0 Å². The molecule has 0 radical (unpaired) electrons. The van der Waals surface area contributed by atoms with E-state index in [0.717, 1.165) is 11.1 Å². The topological polar surface area (TPSA) is 82.0 Å². The van der Waals surface area contributed by atoms with Gasteiger partial charge in [0.25, 0.3) is 0 Å². The molecule has 0 aliphatic rings. The number of rotatable bonds is 2. The van der Waals surface area contributed by atoms with Crippen LogP contribution in [0.1, 0.15) is 10.4 Å². The van der Waals surface area contributed by atoms with Crippen molar-refractivity contribution < 1.29 is 4.79 Å². The number of carbonyl (C=O) groups excluding carboxylic acids is 1. The molecular formula is C12H10ClN3O. The maximum atomic E-state index is 10.9. The third kappa shape index (κ3) is 2.37. The van der Waals surface area contributed by atoms with Crippen molar-refractivity contribution in [2.24, 2.45) is 5.73 Å². The van der Waals surface area contributed by atoms with Gasteiger partial charge in [-0.05, 0) is 23.8 Å². The summed E-state index contributed by atoms with van der Waals surface area (Å²) < 4.78 is 0. The van der Waals surface area contributed by atoms with Crippen LogP contribution in [0.2, 0.25) is 5.02 Å². The number of halogens is 1. The Balaban J connectivity index is 2.46. The first-order valence-electron chi connectivity index (χ1n) is 4.89. The average Bonchev–Trinajstić information content (AvgIpc) is 2.32.